The first kappa shape index (κ1) is 19.9. The average molecular weight is 392 g/mol. The molecule has 2 atom stereocenters. The monoisotopic (exact) mass is 391 g/mol. The van der Waals surface area contributed by atoms with Crippen molar-refractivity contribution in [2.45, 2.75) is 50.8 Å². The van der Waals surface area contributed by atoms with Crippen LogP contribution >= 0.6 is 11.8 Å². The van der Waals surface area contributed by atoms with Gasteiger partial charge in [0, 0.05) is 20.0 Å². The molecule has 0 aliphatic carbocycles. The van der Waals surface area contributed by atoms with Crippen LogP contribution < -0.4 is 5.32 Å². The fourth-order valence-electron chi connectivity index (χ4n) is 3.70. The zero-order valence-corrected chi connectivity index (χ0v) is 16.8. The number of amidine groups is 1. The van der Waals surface area contributed by atoms with E-state index in [2.05, 4.69) is 10.3 Å². The zero-order valence-electron chi connectivity index (χ0n) is 16.0. The SMILES string of the molecule is CC(=O)N1CCC(CC2(C)SC(=N[C@@H](C)c3ccc(F)cc3)NC2=O)CC1. The second kappa shape index (κ2) is 8.00. The van der Waals surface area contributed by atoms with E-state index in [0.29, 0.717) is 11.1 Å². The van der Waals surface area contributed by atoms with Gasteiger partial charge in [-0.3, -0.25) is 14.6 Å². The quantitative estimate of drug-likeness (QED) is 0.854. The lowest BCUT2D eigenvalue weighted by Crippen LogP contribution is -2.41. The highest BCUT2D eigenvalue weighted by Gasteiger charge is 2.44. The van der Waals surface area contributed by atoms with Gasteiger partial charge in [0.05, 0.1) is 10.8 Å². The van der Waals surface area contributed by atoms with Gasteiger partial charge in [0.2, 0.25) is 11.8 Å². The minimum Gasteiger partial charge on any atom is -0.343 e. The summed E-state index contributed by atoms with van der Waals surface area (Å²) in [6, 6.07) is 6.11. The summed E-state index contributed by atoms with van der Waals surface area (Å²) in [5.41, 5.74) is 0.906. The Bertz CT molecular complexity index is 744. The average Bonchev–Trinajstić information content (AvgIpc) is 2.89. The second-order valence-electron chi connectivity index (χ2n) is 7.60. The molecule has 7 heteroatoms. The van der Waals surface area contributed by atoms with E-state index in [4.69, 9.17) is 0 Å². The van der Waals surface area contributed by atoms with Crippen molar-refractivity contribution in [3.63, 3.8) is 0 Å². The van der Waals surface area contributed by atoms with E-state index in [9.17, 15) is 14.0 Å². The fourth-order valence-corrected chi connectivity index (χ4v) is 4.95. The van der Waals surface area contributed by atoms with Crippen molar-refractivity contribution in [2.75, 3.05) is 13.1 Å². The van der Waals surface area contributed by atoms with Crippen LogP contribution in [-0.4, -0.2) is 39.7 Å². The Morgan fingerprint density at radius 2 is 2.00 bits per heavy atom. The van der Waals surface area contributed by atoms with Crippen LogP contribution in [0.25, 0.3) is 0 Å². The molecule has 1 unspecified atom stereocenters. The molecule has 5 nitrogen and oxygen atoms in total. The molecule has 27 heavy (non-hydrogen) atoms. The van der Waals surface area contributed by atoms with E-state index in [1.807, 2.05) is 18.7 Å². The molecule has 2 amide bonds. The number of thioether (sulfide) groups is 1. The van der Waals surface area contributed by atoms with E-state index in [0.717, 1.165) is 37.9 Å². The molecule has 2 aliphatic rings. The maximum Gasteiger partial charge on any atom is 0.242 e. The number of likely N-dealkylation sites (tertiary alicyclic amines) is 1. The van der Waals surface area contributed by atoms with Gasteiger partial charge in [-0.15, -0.1) is 0 Å². The molecule has 2 saturated heterocycles. The first-order valence-electron chi connectivity index (χ1n) is 9.36. The van der Waals surface area contributed by atoms with Crippen LogP contribution in [0.2, 0.25) is 0 Å². The molecule has 0 saturated carbocycles. The summed E-state index contributed by atoms with van der Waals surface area (Å²) in [6.45, 7) is 7.04. The molecule has 2 aliphatic heterocycles. The fraction of sp³-hybridized carbons (Fsp3) is 0.550. The lowest BCUT2D eigenvalue weighted by atomic mass is 9.87. The summed E-state index contributed by atoms with van der Waals surface area (Å²) in [7, 11) is 0. The van der Waals surface area contributed by atoms with Crippen molar-refractivity contribution in [3.05, 3.63) is 35.6 Å². The van der Waals surface area contributed by atoms with Gasteiger partial charge in [0.1, 0.15) is 5.82 Å². The van der Waals surface area contributed by atoms with E-state index >= 15 is 0 Å². The molecule has 1 N–H and O–H groups in total. The Hall–Kier alpha value is -1.89. The number of amides is 2. The number of piperidine rings is 1. The Kier molecular flexibility index (Phi) is 5.89. The van der Waals surface area contributed by atoms with Gasteiger partial charge in [-0.1, -0.05) is 23.9 Å². The lowest BCUT2D eigenvalue weighted by Gasteiger charge is -2.34. The predicted molar refractivity (Wildman–Crippen MR) is 106 cm³/mol. The Morgan fingerprint density at radius 1 is 1.37 bits per heavy atom. The van der Waals surface area contributed by atoms with Gasteiger partial charge in [0.25, 0.3) is 0 Å². The van der Waals surface area contributed by atoms with Crippen molar-refractivity contribution >= 4 is 28.7 Å². The Balaban J connectivity index is 1.62. The number of benzene rings is 1. The van der Waals surface area contributed by atoms with Crippen molar-refractivity contribution < 1.29 is 14.0 Å². The summed E-state index contributed by atoms with van der Waals surface area (Å²) >= 11 is 1.48. The number of hydrogen-bond acceptors (Lipinski definition) is 4. The third-order valence-electron chi connectivity index (χ3n) is 5.42. The molecule has 3 rings (SSSR count). The standard InChI is InChI=1S/C20H26FN3O2S/c1-13(16-4-6-17(21)7-5-16)22-19-23-18(26)20(3,27-19)12-15-8-10-24(11-9-15)14(2)25/h4-7,13,15H,8-12H2,1-3H3,(H,22,23,26)/t13-,20?/m0/s1. The first-order valence-corrected chi connectivity index (χ1v) is 10.2. The van der Waals surface area contributed by atoms with Crippen LogP contribution in [0, 0.1) is 11.7 Å². The maximum absolute atomic E-state index is 13.1. The van der Waals surface area contributed by atoms with E-state index in [1.165, 1.54) is 23.9 Å². The molecule has 2 heterocycles. The maximum atomic E-state index is 13.1. The zero-order chi connectivity index (χ0) is 19.6. The van der Waals surface area contributed by atoms with Crippen LogP contribution in [-0.2, 0) is 9.59 Å². The molecular formula is C20H26FN3O2S. The third-order valence-corrected chi connectivity index (χ3v) is 6.63. The number of aliphatic imine (C=N–C) groups is 1. The molecule has 0 radical (unpaired) electrons. The van der Waals surface area contributed by atoms with E-state index in [-0.39, 0.29) is 23.7 Å². The normalized spacial score (nSPS) is 26.3. The number of carbonyl (C=O) groups excluding carboxylic acids is 2. The topological polar surface area (TPSA) is 61.8 Å². The molecule has 0 aromatic heterocycles. The number of hydrogen-bond donors (Lipinski definition) is 1. The molecule has 0 bridgehead atoms. The first-order chi connectivity index (χ1) is 12.8. The molecule has 1 aromatic rings. The number of nitrogens with one attached hydrogen (secondary N) is 1. The van der Waals surface area contributed by atoms with Crippen molar-refractivity contribution in [1.82, 2.24) is 10.2 Å². The number of halogens is 1. The summed E-state index contributed by atoms with van der Waals surface area (Å²) in [5, 5.41) is 3.53. The highest BCUT2D eigenvalue weighted by Crippen LogP contribution is 2.40. The van der Waals surface area contributed by atoms with Crippen LogP contribution in [0.3, 0.4) is 0 Å². The van der Waals surface area contributed by atoms with Gasteiger partial charge in [0.15, 0.2) is 5.17 Å². The van der Waals surface area contributed by atoms with Crippen LogP contribution in [0.1, 0.15) is 51.6 Å². The Labute approximate surface area is 163 Å². The molecule has 2 fully saturated rings. The van der Waals surface area contributed by atoms with Gasteiger partial charge in [-0.2, -0.15) is 0 Å². The second-order valence-corrected chi connectivity index (χ2v) is 9.09. The highest BCUT2D eigenvalue weighted by atomic mass is 32.2. The molecule has 1 aromatic carbocycles. The van der Waals surface area contributed by atoms with E-state index in [1.54, 1.807) is 19.1 Å². The van der Waals surface area contributed by atoms with Gasteiger partial charge >= 0.3 is 0 Å². The van der Waals surface area contributed by atoms with Crippen LogP contribution in [0.15, 0.2) is 29.3 Å². The third kappa shape index (κ3) is 4.69. The summed E-state index contributed by atoms with van der Waals surface area (Å²) in [6.07, 6.45) is 2.64. The number of rotatable bonds is 4. The largest absolute Gasteiger partial charge is 0.343 e. The van der Waals surface area contributed by atoms with Crippen LogP contribution in [0.5, 0.6) is 0 Å². The number of carbonyl (C=O) groups is 2. The molecule has 0 spiro atoms. The summed E-state index contributed by atoms with van der Waals surface area (Å²) in [4.78, 5) is 30.6. The Morgan fingerprint density at radius 3 is 2.59 bits per heavy atom. The van der Waals surface area contributed by atoms with Crippen LogP contribution in [0.4, 0.5) is 4.39 Å². The highest BCUT2D eigenvalue weighted by molar-refractivity contribution is 8.16. The number of nitrogens with zero attached hydrogens (tertiary/aromatic N) is 2. The van der Waals surface area contributed by atoms with Gasteiger partial charge in [-0.05, 0) is 56.7 Å². The van der Waals surface area contributed by atoms with E-state index < -0.39 is 4.75 Å². The lowest BCUT2D eigenvalue weighted by molar-refractivity contribution is -0.130. The summed E-state index contributed by atoms with van der Waals surface area (Å²) in [5.74, 6) is 0.270. The predicted octanol–water partition coefficient (Wildman–Crippen LogP) is 3.51. The minimum atomic E-state index is -0.537. The van der Waals surface area contributed by atoms with Crippen molar-refractivity contribution in [1.29, 1.82) is 0 Å². The van der Waals surface area contributed by atoms with Crippen molar-refractivity contribution in [2.24, 2.45) is 10.9 Å². The van der Waals surface area contributed by atoms with Gasteiger partial charge < -0.3 is 10.2 Å². The molecular weight excluding hydrogens is 365 g/mol. The smallest absolute Gasteiger partial charge is 0.242 e. The van der Waals surface area contributed by atoms with Gasteiger partial charge in [-0.25, -0.2) is 4.39 Å². The van der Waals surface area contributed by atoms with Crippen molar-refractivity contribution in [3.8, 4) is 0 Å². The summed E-state index contributed by atoms with van der Waals surface area (Å²) < 4.78 is 12.5. The molecule has 146 valence electrons. The minimum absolute atomic E-state index is 0.00782.